The number of rotatable bonds is 5. The van der Waals surface area contributed by atoms with E-state index in [4.69, 9.17) is 58.6 Å². The molecule has 0 aromatic heterocycles. The third-order valence-corrected chi connectivity index (χ3v) is 4.51. The highest BCUT2D eigenvalue weighted by atomic mass is 35.6. The second-order valence-electron chi connectivity index (χ2n) is 5.33. The normalized spacial score (nSPS) is 12.0. The van der Waals surface area contributed by atoms with Crippen molar-refractivity contribution in [3.8, 4) is 0 Å². The van der Waals surface area contributed by atoms with Gasteiger partial charge < -0.3 is 16.0 Å². The molecular formula is C16H12Cl4N4O3S. The standard InChI is InChI=1S/C16H12Cl4N4O3S/c17-11-8-10(24(26)27)6-7-12(11)21-15(28)23-14(16(18,19)20)22-13(25)9-4-2-1-3-5-9/h1-8,14H,(H,22,25)(H2,21,23,28)/t14-/m1/s1. The molecule has 0 aliphatic rings. The van der Waals surface area contributed by atoms with Crippen LogP contribution in [0.1, 0.15) is 10.4 Å². The molecule has 3 N–H and O–H groups in total. The van der Waals surface area contributed by atoms with Crippen LogP contribution in [0.4, 0.5) is 11.4 Å². The number of nitro benzene ring substituents is 1. The number of halogens is 4. The molecule has 0 saturated carbocycles. The predicted molar refractivity (Wildman–Crippen MR) is 115 cm³/mol. The first kappa shape index (κ1) is 22.4. The maximum absolute atomic E-state index is 12.3. The molecule has 28 heavy (non-hydrogen) atoms. The Hall–Kier alpha value is -1.84. The molecule has 2 aromatic carbocycles. The largest absolute Gasteiger partial charge is 0.339 e. The Labute approximate surface area is 185 Å². The van der Waals surface area contributed by atoms with E-state index in [1.807, 2.05) is 0 Å². The van der Waals surface area contributed by atoms with Gasteiger partial charge >= 0.3 is 0 Å². The molecule has 1 atom stereocenters. The van der Waals surface area contributed by atoms with Gasteiger partial charge in [-0.3, -0.25) is 14.9 Å². The number of hydrogen-bond donors (Lipinski definition) is 3. The lowest BCUT2D eigenvalue weighted by Gasteiger charge is -2.28. The molecule has 0 unspecified atom stereocenters. The van der Waals surface area contributed by atoms with Gasteiger partial charge in [-0.25, -0.2) is 0 Å². The zero-order chi connectivity index (χ0) is 20.9. The van der Waals surface area contributed by atoms with Crippen LogP contribution in [0, 0.1) is 10.1 Å². The SMILES string of the molecule is O=C(N[C@H](NC(=S)Nc1ccc([N+](=O)[O-])cc1Cl)C(Cl)(Cl)Cl)c1ccccc1. The fourth-order valence-electron chi connectivity index (χ4n) is 2.01. The molecule has 0 fully saturated rings. The van der Waals surface area contributed by atoms with Crippen molar-refractivity contribution in [1.82, 2.24) is 10.6 Å². The highest BCUT2D eigenvalue weighted by molar-refractivity contribution is 7.80. The van der Waals surface area contributed by atoms with Crippen LogP contribution in [-0.2, 0) is 0 Å². The Bertz CT molecular complexity index is 893. The molecule has 2 aromatic rings. The van der Waals surface area contributed by atoms with Gasteiger partial charge in [-0.05, 0) is 30.4 Å². The fourth-order valence-corrected chi connectivity index (χ4v) is 2.79. The summed E-state index contributed by atoms with van der Waals surface area (Å²) in [4.78, 5) is 22.5. The Morgan fingerprint density at radius 3 is 2.29 bits per heavy atom. The van der Waals surface area contributed by atoms with E-state index >= 15 is 0 Å². The van der Waals surface area contributed by atoms with Crippen LogP contribution in [0.25, 0.3) is 0 Å². The molecule has 7 nitrogen and oxygen atoms in total. The molecule has 0 heterocycles. The van der Waals surface area contributed by atoms with E-state index in [1.54, 1.807) is 30.3 Å². The van der Waals surface area contributed by atoms with Crippen molar-refractivity contribution in [3.05, 3.63) is 69.2 Å². The number of anilines is 1. The zero-order valence-electron chi connectivity index (χ0n) is 13.8. The van der Waals surface area contributed by atoms with Crippen molar-refractivity contribution in [2.45, 2.75) is 9.96 Å². The Kier molecular flexibility index (Phi) is 7.68. The van der Waals surface area contributed by atoms with Gasteiger partial charge in [-0.15, -0.1) is 0 Å². The molecule has 148 valence electrons. The van der Waals surface area contributed by atoms with E-state index in [9.17, 15) is 14.9 Å². The molecule has 0 spiro atoms. The van der Waals surface area contributed by atoms with Gasteiger partial charge in [0, 0.05) is 17.7 Å². The summed E-state index contributed by atoms with van der Waals surface area (Å²) in [6.45, 7) is 0. The van der Waals surface area contributed by atoms with Crippen LogP contribution in [0.2, 0.25) is 5.02 Å². The molecule has 0 bridgehead atoms. The van der Waals surface area contributed by atoms with Crippen molar-refractivity contribution < 1.29 is 9.72 Å². The Morgan fingerprint density at radius 2 is 1.75 bits per heavy atom. The molecule has 1 amide bonds. The fraction of sp³-hybridized carbons (Fsp3) is 0.125. The number of benzene rings is 2. The van der Waals surface area contributed by atoms with Crippen LogP contribution in [0.15, 0.2) is 48.5 Å². The molecule has 0 aliphatic heterocycles. The lowest BCUT2D eigenvalue weighted by molar-refractivity contribution is -0.384. The first-order chi connectivity index (χ1) is 13.1. The van der Waals surface area contributed by atoms with Gasteiger partial charge in [0.25, 0.3) is 11.6 Å². The minimum atomic E-state index is -1.94. The minimum absolute atomic E-state index is 0.0274. The van der Waals surface area contributed by atoms with Gasteiger partial charge in [0.2, 0.25) is 3.79 Å². The van der Waals surface area contributed by atoms with Crippen molar-refractivity contribution in [3.63, 3.8) is 0 Å². The smallest absolute Gasteiger partial charge is 0.271 e. The molecule has 0 aliphatic carbocycles. The van der Waals surface area contributed by atoms with E-state index in [0.29, 0.717) is 11.3 Å². The Morgan fingerprint density at radius 1 is 1.11 bits per heavy atom. The van der Waals surface area contributed by atoms with E-state index in [-0.39, 0.29) is 15.8 Å². The zero-order valence-corrected chi connectivity index (χ0v) is 17.6. The van der Waals surface area contributed by atoms with Crippen molar-refractivity contribution in [2.75, 3.05) is 5.32 Å². The molecule has 0 saturated heterocycles. The summed E-state index contributed by atoms with van der Waals surface area (Å²) in [6.07, 6.45) is -1.18. The number of carbonyl (C=O) groups is 1. The average molecular weight is 482 g/mol. The van der Waals surface area contributed by atoms with Crippen LogP contribution in [-0.4, -0.2) is 25.9 Å². The summed E-state index contributed by atoms with van der Waals surface area (Å²) in [5.41, 5.74) is 0.479. The van der Waals surface area contributed by atoms with Gasteiger partial charge in [-0.2, -0.15) is 0 Å². The summed E-state index contributed by atoms with van der Waals surface area (Å²) < 4.78 is -1.94. The monoisotopic (exact) mass is 480 g/mol. The average Bonchev–Trinajstić information content (AvgIpc) is 2.62. The summed E-state index contributed by atoms with van der Waals surface area (Å²) in [5.74, 6) is -0.486. The first-order valence-corrected chi connectivity index (χ1v) is 9.44. The number of thiocarbonyl (C=S) groups is 1. The van der Waals surface area contributed by atoms with E-state index in [0.717, 1.165) is 6.07 Å². The van der Waals surface area contributed by atoms with Crippen LogP contribution >= 0.6 is 58.6 Å². The molecular weight excluding hydrogens is 470 g/mol. The number of non-ortho nitro benzene ring substituents is 1. The minimum Gasteiger partial charge on any atom is -0.339 e. The molecule has 12 heteroatoms. The first-order valence-electron chi connectivity index (χ1n) is 7.52. The number of carbonyl (C=O) groups excluding carboxylic acids is 1. The van der Waals surface area contributed by atoms with E-state index < -0.39 is 20.8 Å². The summed E-state index contributed by atoms with van der Waals surface area (Å²) in [7, 11) is 0. The van der Waals surface area contributed by atoms with E-state index in [2.05, 4.69) is 16.0 Å². The highest BCUT2D eigenvalue weighted by Crippen LogP contribution is 2.30. The lowest BCUT2D eigenvalue weighted by atomic mass is 10.2. The van der Waals surface area contributed by atoms with Gasteiger partial charge in [0.1, 0.15) is 6.17 Å². The third kappa shape index (κ3) is 6.35. The highest BCUT2D eigenvalue weighted by Gasteiger charge is 2.35. The second-order valence-corrected chi connectivity index (χ2v) is 8.52. The van der Waals surface area contributed by atoms with Gasteiger partial charge in [-0.1, -0.05) is 64.6 Å². The second kappa shape index (κ2) is 9.58. The Balaban J connectivity index is 2.09. The summed E-state index contributed by atoms with van der Waals surface area (Å²) in [5, 5.41) is 18.7. The topological polar surface area (TPSA) is 96.3 Å². The summed E-state index contributed by atoms with van der Waals surface area (Å²) >= 11 is 28.9. The quantitative estimate of drug-likeness (QED) is 0.189. The van der Waals surface area contributed by atoms with Crippen LogP contribution in [0.5, 0.6) is 0 Å². The van der Waals surface area contributed by atoms with Crippen LogP contribution < -0.4 is 16.0 Å². The summed E-state index contributed by atoms with van der Waals surface area (Å²) in [6, 6.07) is 12.1. The number of nitrogens with zero attached hydrogens (tertiary/aromatic N) is 1. The maximum atomic E-state index is 12.3. The lowest BCUT2D eigenvalue weighted by Crippen LogP contribution is -2.56. The molecule has 2 rings (SSSR count). The number of alkyl halides is 3. The number of amides is 1. The van der Waals surface area contributed by atoms with Gasteiger partial charge in [0.05, 0.1) is 15.6 Å². The van der Waals surface area contributed by atoms with Crippen LogP contribution in [0.3, 0.4) is 0 Å². The number of nitro groups is 1. The third-order valence-electron chi connectivity index (χ3n) is 3.33. The van der Waals surface area contributed by atoms with Crippen molar-refractivity contribution >= 4 is 81.0 Å². The van der Waals surface area contributed by atoms with Gasteiger partial charge in [0.15, 0.2) is 5.11 Å². The maximum Gasteiger partial charge on any atom is 0.271 e. The van der Waals surface area contributed by atoms with Crippen molar-refractivity contribution in [2.24, 2.45) is 0 Å². The predicted octanol–water partition coefficient (Wildman–Crippen LogP) is 4.66. The van der Waals surface area contributed by atoms with Crippen molar-refractivity contribution in [1.29, 1.82) is 0 Å². The number of nitrogens with one attached hydrogen (secondary N) is 3. The molecule has 0 radical (unpaired) electrons. The number of hydrogen-bond acceptors (Lipinski definition) is 4. The van der Waals surface area contributed by atoms with E-state index in [1.165, 1.54) is 12.1 Å².